The molecule has 0 bridgehead atoms. The molecular weight excluding hydrogens is 452 g/mol. The molecule has 9 nitrogen and oxygen atoms in total. The minimum Gasteiger partial charge on any atom is -0.457 e. The van der Waals surface area contributed by atoms with Crippen LogP contribution in [0, 0.1) is 0 Å². The number of esters is 2. The van der Waals surface area contributed by atoms with Crippen molar-refractivity contribution in [1.82, 2.24) is 5.01 Å². The Kier molecular flexibility index (Phi) is 6.14. The number of furan rings is 1. The number of benzene rings is 2. The van der Waals surface area contributed by atoms with E-state index in [0.717, 1.165) is 5.01 Å². The molecule has 0 saturated heterocycles. The SMILES string of the molecule is CC(=O)Oc1ccc(Cl)cc1C1=NN(C(C)=O)[C@H](c2ccc(OC(=O)c3ccco3)cc2)O1. The predicted molar refractivity (Wildman–Crippen MR) is 116 cm³/mol. The average molecular weight is 469 g/mol. The zero-order valence-electron chi connectivity index (χ0n) is 17.5. The van der Waals surface area contributed by atoms with Crippen molar-refractivity contribution in [3.8, 4) is 11.5 Å². The lowest BCUT2D eigenvalue weighted by atomic mass is 10.1. The van der Waals surface area contributed by atoms with E-state index in [1.165, 1.54) is 38.3 Å². The van der Waals surface area contributed by atoms with E-state index in [1.54, 1.807) is 36.4 Å². The molecule has 1 aliphatic heterocycles. The van der Waals surface area contributed by atoms with Gasteiger partial charge in [0.2, 0.25) is 23.8 Å². The lowest BCUT2D eigenvalue weighted by Crippen LogP contribution is -2.25. The molecule has 0 unspecified atom stereocenters. The van der Waals surface area contributed by atoms with Crippen LogP contribution in [0.25, 0.3) is 0 Å². The van der Waals surface area contributed by atoms with Gasteiger partial charge >= 0.3 is 11.9 Å². The average Bonchev–Trinajstić information content (AvgIpc) is 3.46. The summed E-state index contributed by atoms with van der Waals surface area (Å²) in [5.41, 5.74) is 0.883. The summed E-state index contributed by atoms with van der Waals surface area (Å²) in [6, 6.07) is 14.0. The summed E-state index contributed by atoms with van der Waals surface area (Å²) >= 11 is 6.10. The van der Waals surface area contributed by atoms with E-state index in [1.807, 2.05) is 0 Å². The molecule has 1 amide bonds. The maximum absolute atomic E-state index is 12.2. The maximum Gasteiger partial charge on any atom is 0.379 e. The van der Waals surface area contributed by atoms with Crippen LogP contribution in [0.3, 0.4) is 0 Å². The summed E-state index contributed by atoms with van der Waals surface area (Å²) < 4.78 is 21.4. The minimum atomic E-state index is -0.892. The number of hydrogen-bond acceptors (Lipinski definition) is 8. The Morgan fingerprint density at radius 1 is 1.03 bits per heavy atom. The molecule has 33 heavy (non-hydrogen) atoms. The standard InChI is InChI=1S/C23H17ClN2O7/c1-13(27)26-22(15-5-8-17(9-6-15)32-23(29)20-4-3-11-30-20)33-21(25-26)18-12-16(24)7-10-19(18)31-14(2)28/h3-12,22H,1-2H3/t22-/m0/s1. The second-order valence-electron chi connectivity index (χ2n) is 6.91. The van der Waals surface area contributed by atoms with E-state index in [4.69, 9.17) is 30.2 Å². The van der Waals surface area contributed by atoms with Gasteiger partial charge < -0.3 is 18.6 Å². The monoisotopic (exact) mass is 468 g/mol. The highest BCUT2D eigenvalue weighted by molar-refractivity contribution is 6.31. The third-order valence-electron chi connectivity index (χ3n) is 4.49. The van der Waals surface area contributed by atoms with Gasteiger partial charge in [-0.2, -0.15) is 5.01 Å². The van der Waals surface area contributed by atoms with Gasteiger partial charge in [0.05, 0.1) is 11.8 Å². The maximum atomic E-state index is 12.2. The molecule has 0 fully saturated rings. The molecule has 0 aliphatic carbocycles. The largest absolute Gasteiger partial charge is 0.457 e. The number of hydrogen-bond donors (Lipinski definition) is 0. The molecular formula is C23H17ClN2O7. The summed E-state index contributed by atoms with van der Waals surface area (Å²) in [6.45, 7) is 2.61. The molecule has 2 heterocycles. The Morgan fingerprint density at radius 2 is 1.79 bits per heavy atom. The van der Waals surface area contributed by atoms with Crippen LogP contribution in [0.5, 0.6) is 11.5 Å². The second kappa shape index (κ2) is 9.17. The van der Waals surface area contributed by atoms with Gasteiger partial charge in [0.1, 0.15) is 11.5 Å². The number of ether oxygens (including phenoxy) is 3. The summed E-state index contributed by atoms with van der Waals surface area (Å²) in [4.78, 5) is 35.7. The minimum absolute atomic E-state index is 0.0577. The Labute approximate surface area is 193 Å². The van der Waals surface area contributed by atoms with Gasteiger partial charge in [-0.3, -0.25) is 9.59 Å². The molecule has 1 aliphatic rings. The van der Waals surface area contributed by atoms with Crippen molar-refractivity contribution in [2.75, 3.05) is 0 Å². The molecule has 0 radical (unpaired) electrons. The molecule has 168 valence electrons. The molecule has 3 aromatic rings. The van der Waals surface area contributed by atoms with Crippen LogP contribution in [-0.4, -0.2) is 28.8 Å². The number of hydrazone groups is 1. The fourth-order valence-electron chi connectivity index (χ4n) is 3.06. The van der Waals surface area contributed by atoms with E-state index in [0.29, 0.717) is 16.1 Å². The number of amides is 1. The lowest BCUT2D eigenvalue weighted by Gasteiger charge is -2.19. The Bertz CT molecular complexity index is 1240. The van der Waals surface area contributed by atoms with Crippen molar-refractivity contribution < 1.29 is 33.0 Å². The Hall–Kier alpha value is -4.11. The van der Waals surface area contributed by atoms with Crippen molar-refractivity contribution in [3.63, 3.8) is 0 Å². The van der Waals surface area contributed by atoms with E-state index >= 15 is 0 Å². The summed E-state index contributed by atoms with van der Waals surface area (Å²) in [5.74, 6) is -0.946. The molecule has 1 atom stereocenters. The zero-order chi connectivity index (χ0) is 23.5. The topological polar surface area (TPSA) is 108 Å². The third-order valence-corrected chi connectivity index (χ3v) is 4.73. The van der Waals surface area contributed by atoms with Gasteiger partial charge in [0.15, 0.2) is 0 Å². The highest BCUT2D eigenvalue weighted by Gasteiger charge is 2.34. The summed E-state index contributed by atoms with van der Waals surface area (Å²) in [6.07, 6.45) is 0.481. The first kappa shape index (κ1) is 22.1. The second-order valence-corrected chi connectivity index (χ2v) is 7.35. The first-order valence-corrected chi connectivity index (χ1v) is 10.1. The van der Waals surface area contributed by atoms with E-state index in [9.17, 15) is 14.4 Å². The quantitative estimate of drug-likeness (QED) is 0.405. The highest BCUT2D eigenvalue weighted by Crippen LogP contribution is 2.34. The van der Waals surface area contributed by atoms with Gasteiger partial charge in [0, 0.05) is 24.4 Å². The van der Waals surface area contributed by atoms with Crippen LogP contribution in [-0.2, 0) is 14.3 Å². The van der Waals surface area contributed by atoms with E-state index in [2.05, 4.69) is 5.10 Å². The van der Waals surface area contributed by atoms with Crippen LogP contribution >= 0.6 is 11.6 Å². The molecule has 2 aromatic carbocycles. The molecule has 0 N–H and O–H groups in total. The first-order chi connectivity index (χ1) is 15.8. The highest BCUT2D eigenvalue weighted by atomic mass is 35.5. The van der Waals surface area contributed by atoms with E-state index < -0.39 is 18.2 Å². The van der Waals surface area contributed by atoms with Crippen molar-refractivity contribution >= 4 is 35.3 Å². The first-order valence-electron chi connectivity index (χ1n) is 9.71. The number of rotatable bonds is 5. The molecule has 4 rings (SSSR count). The number of carbonyl (C=O) groups is 3. The van der Waals surface area contributed by atoms with Crippen LogP contribution in [0.2, 0.25) is 5.02 Å². The van der Waals surface area contributed by atoms with Gasteiger partial charge in [-0.25, -0.2) is 4.79 Å². The summed E-state index contributed by atoms with van der Waals surface area (Å²) in [7, 11) is 0. The smallest absolute Gasteiger partial charge is 0.379 e. The summed E-state index contributed by atoms with van der Waals surface area (Å²) in [5, 5.41) is 5.78. The van der Waals surface area contributed by atoms with Gasteiger partial charge in [-0.05, 0) is 54.6 Å². The fraction of sp³-hybridized carbons (Fsp3) is 0.130. The molecule has 0 saturated carbocycles. The third kappa shape index (κ3) is 4.88. The fourth-order valence-corrected chi connectivity index (χ4v) is 3.23. The normalized spacial score (nSPS) is 14.9. The molecule has 0 spiro atoms. The van der Waals surface area contributed by atoms with Gasteiger partial charge in [-0.15, -0.1) is 5.10 Å². The van der Waals surface area contributed by atoms with Crippen LogP contribution in [0.15, 0.2) is 70.4 Å². The van der Waals surface area contributed by atoms with E-state index in [-0.39, 0.29) is 29.1 Å². The molecule has 1 aromatic heterocycles. The van der Waals surface area contributed by atoms with Gasteiger partial charge in [-0.1, -0.05) is 11.6 Å². The van der Waals surface area contributed by atoms with Crippen LogP contribution in [0.1, 0.15) is 41.8 Å². The predicted octanol–water partition coefficient (Wildman–Crippen LogP) is 4.32. The van der Waals surface area contributed by atoms with Crippen molar-refractivity contribution in [3.05, 3.63) is 82.8 Å². The van der Waals surface area contributed by atoms with Crippen molar-refractivity contribution in [1.29, 1.82) is 0 Å². The van der Waals surface area contributed by atoms with Gasteiger partial charge in [0.25, 0.3) is 0 Å². The Balaban J connectivity index is 1.57. The number of halogens is 1. The van der Waals surface area contributed by atoms with Crippen molar-refractivity contribution in [2.45, 2.75) is 20.1 Å². The number of nitrogens with zero attached hydrogens (tertiary/aromatic N) is 2. The van der Waals surface area contributed by atoms with Crippen LogP contribution < -0.4 is 9.47 Å². The van der Waals surface area contributed by atoms with Crippen molar-refractivity contribution in [2.24, 2.45) is 5.10 Å². The van der Waals surface area contributed by atoms with Crippen LogP contribution in [0.4, 0.5) is 0 Å². The number of carbonyl (C=O) groups excluding carboxylic acids is 3. The lowest BCUT2D eigenvalue weighted by molar-refractivity contribution is -0.135. The Morgan fingerprint density at radius 3 is 2.42 bits per heavy atom. The zero-order valence-corrected chi connectivity index (χ0v) is 18.2. The molecule has 10 heteroatoms.